The van der Waals surface area contributed by atoms with Gasteiger partial charge in [0.05, 0.1) is 21.8 Å². The van der Waals surface area contributed by atoms with Gasteiger partial charge in [0.15, 0.2) is 11.6 Å². The molecule has 2 aromatic heterocycles. The summed E-state index contributed by atoms with van der Waals surface area (Å²) in [5, 5.41) is 0.804. The Morgan fingerprint density at radius 1 is 0.852 bits per heavy atom. The molecule has 1 amide bonds. The Kier molecular flexibility index (Phi) is 3.80. The van der Waals surface area contributed by atoms with Crippen LogP contribution in [0.25, 0.3) is 33.5 Å². The number of nitrogens with zero attached hydrogens (tertiary/aromatic N) is 4. The van der Waals surface area contributed by atoms with Crippen LogP contribution in [0.15, 0.2) is 58.1 Å². The van der Waals surface area contributed by atoms with E-state index in [1.165, 1.54) is 11.5 Å². The maximum Gasteiger partial charge on any atom is 0.280 e. The largest absolute Gasteiger partial charge is 0.293 e. The summed E-state index contributed by atoms with van der Waals surface area (Å²) in [6.07, 6.45) is 0. The lowest BCUT2D eigenvalue weighted by molar-refractivity contribution is -0.115. The lowest BCUT2D eigenvalue weighted by Gasteiger charge is -2.15. The van der Waals surface area contributed by atoms with E-state index in [1.54, 1.807) is 55.6 Å². The van der Waals surface area contributed by atoms with Gasteiger partial charge >= 0.3 is 0 Å². The minimum absolute atomic E-state index is 0.0826. The van der Waals surface area contributed by atoms with E-state index in [1.807, 2.05) is 0 Å². The van der Waals surface area contributed by atoms with Crippen LogP contribution < -0.4 is 16.5 Å². The van der Waals surface area contributed by atoms with Crippen molar-refractivity contribution >= 4 is 27.7 Å². The van der Waals surface area contributed by atoms with E-state index in [-0.39, 0.29) is 17.2 Å². The van der Waals surface area contributed by atoms with E-state index in [0.29, 0.717) is 21.8 Å². The molecule has 0 radical (unpaired) electrons. The molecule has 8 heteroatoms. The van der Waals surface area contributed by atoms with E-state index in [4.69, 9.17) is 0 Å². The van der Waals surface area contributed by atoms with Crippen LogP contribution in [0.3, 0.4) is 0 Å². The van der Waals surface area contributed by atoms with Crippen molar-refractivity contribution in [3.05, 3.63) is 69.2 Å². The van der Waals surface area contributed by atoms with Gasteiger partial charge in [-0.05, 0) is 24.3 Å². The SMILES string of the molecule is CC(=O)Nn1c(-c2nc3ccccc3c(=O)n2C)nc2ccccc2c1=O. The van der Waals surface area contributed by atoms with Crippen LogP contribution in [0.1, 0.15) is 6.92 Å². The molecular formula is C19H15N5O3. The molecule has 0 saturated heterocycles. The van der Waals surface area contributed by atoms with Crippen molar-refractivity contribution in [3.8, 4) is 11.6 Å². The van der Waals surface area contributed by atoms with E-state index >= 15 is 0 Å². The second-order valence-electron chi connectivity index (χ2n) is 6.08. The van der Waals surface area contributed by atoms with Gasteiger partial charge in [-0.3, -0.25) is 24.4 Å². The zero-order valence-corrected chi connectivity index (χ0v) is 14.6. The second-order valence-corrected chi connectivity index (χ2v) is 6.08. The Balaban J connectivity index is 2.14. The van der Waals surface area contributed by atoms with Crippen molar-refractivity contribution in [2.75, 3.05) is 5.43 Å². The lowest BCUT2D eigenvalue weighted by Crippen LogP contribution is -2.35. The number of aromatic nitrogens is 4. The van der Waals surface area contributed by atoms with Gasteiger partial charge in [-0.1, -0.05) is 24.3 Å². The van der Waals surface area contributed by atoms with Gasteiger partial charge in [-0.2, -0.15) is 4.68 Å². The fraction of sp³-hybridized carbons (Fsp3) is 0.105. The third-order valence-corrected chi connectivity index (χ3v) is 4.23. The summed E-state index contributed by atoms with van der Waals surface area (Å²) in [6, 6.07) is 13.7. The predicted molar refractivity (Wildman–Crippen MR) is 102 cm³/mol. The summed E-state index contributed by atoms with van der Waals surface area (Å²) in [7, 11) is 1.55. The highest BCUT2D eigenvalue weighted by molar-refractivity contribution is 5.84. The van der Waals surface area contributed by atoms with Crippen LogP contribution in [-0.4, -0.2) is 25.1 Å². The van der Waals surface area contributed by atoms with E-state index in [2.05, 4.69) is 15.4 Å². The van der Waals surface area contributed by atoms with E-state index < -0.39 is 11.5 Å². The Hall–Kier alpha value is -3.81. The molecule has 27 heavy (non-hydrogen) atoms. The molecule has 1 N–H and O–H groups in total. The maximum atomic E-state index is 12.9. The summed E-state index contributed by atoms with van der Waals surface area (Å²) in [5.74, 6) is -0.184. The van der Waals surface area contributed by atoms with Crippen LogP contribution in [0.5, 0.6) is 0 Å². The number of carbonyl (C=O) groups is 1. The van der Waals surface area contributed by atoms with Crippen LogP contribution >= 0.6 is 0 Å². The van der Waals surface area contributed by atoms with Gasteiger partial charge in [0.25, 0.3) is 11.1 Å². The smallest absolute Gasteiger partial charge is 0.280 e. The number of para-hydroxylation sites is 2. The van der Waals surface area contributed by atoms with Crippen molar-refractivity contribution in [2.45, 2.75) is 6.92 Å². The minimum Gasteiger partial charge on any atom is -0.293 e. The molecule has 2 aromatic carbocycles. The standard InChI is InChI=1S/C19H15N5O3/c1-11(25)22-24-17(21-15-10-6-4-8-13(15)19(24)27)16-20-14-9-5-3-7-12(14)18(26)23(16)2/h3-10H,1-2H3,(H,22,25). The molecule has 4 aromatic rings. The topological polar surface area (TPSA) is 98.9 Å². The maximum absolute atomic E-state index is 12.9. The Morgan fingerprint density at radius 3 is 1.96 bits per heavy atom. The number of rotatable bonds is 2. The van der Waals surface area contributed by atoms with Gasteiger partial charge in [0.2, 0.25) is 5.91 Å². The van der Waals surface area contributed by atoms with Crippen LogP contribution in [0.4, 0.5) is 0 Å². The van der Waals surface area contributed by atoms with Gasteiger partial charge in [0, 0.05) is 14.0 Å². The number of fused-ring (bicyclic) bond motifs is 2. The normalized spacial score (nSPS) is 11.0. The Bertz CT molecular complexity index is 1340. The van der Waals surface area contributed by atoms with Gasteiger partial charge in [0.1, 0.15) is 0 Å². The van der Waals surface area contributed by atoms with Gasteiger partial charge < -0.3 is 0 Å². The molecule has 0 fully saturated rings. The number of carbonyl (C=O) groups excluding carboxylic acids is 1. The van der Waals surface area contributed by atoms with Crippen LogP contribution in [-0.2, 0) is 11.8 Å². The number of hydrogen-bond donors (Lipinski definition) is 1. The molecule has 0 aliphatic carbocycles. The van der Waals surface area contributed by atoms with Crippen molar-refractivity contribution in [1.82, 2.24) is 19.2 Å². The first-order valence-corrected chi connectivity index (χ1v) is 8.23. The molecule has 134 valence electrons. The van der Waals surface area contributed by atoms with Crippen molar-refractivity contribution in [2.24, 2.45) is 7.05 Å². The van der Waals surface area contributed by atoms with E-state index in [9.17, 15) is 14.4 Å². The highest BCUT2D eigenvalue weighted by Gasteiger charge is 2.18. The minimum atomic E-state index is -0.451. The van der Waals surface area contributed by atoms with Gasteiger partial charge in [-0.25, -0.2) is 9.97 Å². The summed E-state index contributed by atoms with van der Waals surface area (Å²) < 4.78 is 2.35. The Labute approximate surface area is 152 Å². The quantitative estimate of drug-likeness (QED) is 0.582. The van der Waals surface area contributed by atoms with E-state index in [0.717, 1.165) is 4.68 Å². The molecule has 0 bridgehead atoms. The predicted octanol–water partition coefficient (Wildman–Crippen LogP) is 1.40. The molecule has 0 unspecified atom stereocenters. The Morgan fingerprint density at radius 2 is 1.37 bits per heavy atom. The first kappa shape index (κ1) is 16.6. The summed E-state index contributed by atoms with van der Waals surface area (Å²) in [6.45, 7) is 1.29. The highest BCUT2D eigenvalue weighted by atomic mass is 16.2. The zero-order chi connectivity index (χ0) is 19.1. The first-order chi connectivity index (χ1) is 13.0. The summed E-state index contributed by atoms with van der Waals surface area (Å²) in [5.41, 5.74) is 2.68. The summed E-state index contributed by atoms with van der Waals surface area (Å²) >= 11 is 0. The molecule has 0 spiro atoms. The highest BCUT2D eigenvalue weighted by Crippen LogP contribution is 2.17. The third-order valence-electron chi connectivity index (χ3n) is 4.23. The molecule has 2 heterocycles. The monoisotopic (exact) mass is 361 g/mol. The average molecular weight is 361 g/mol. The fourth-order valence-electron chi connectivity index (χ4n) is 2.96. The van der Waals surface area contributed by atoms with Crippen LogP contribution in [0, 0.1) is 0 Å². The average Bonchev–Trinajstić information content (AvgIpc) is 2.67. The van der Waals surface area contributed by atoms with Crippen LogP contribution in [0.2, 0.25) is 0 Å². The van der Waals surface area contributed by atoms with Crippen molar-refractivity contribution < 1.29 is 4.79 Å². The van der Waals surface area contributed by atoms with Gasteiger partial charge in [-0.15, -0.1) is 0 Å². The first-order valence-electron chi connectivity index (χ1n) is 8.23. The van der Waals surface area contributed by atoms with Crippen molar-refractivity contribution in [3.63, 3.8) is 0 Å². The summed E-state index contributed by atoms with van der Waals surface area (Å²) in [4.78, 5) is 46.3. The number of nitrogens with one attached hydrogen (secondary N) is 1. The molecule has 4 rings (SSSR count). The second kappa shape index (κ2) is 6.17. The molecule has 0 atom stereocenters. The molecular weight excluding hydrogens is 346 g/mol. The molecule has 8 nitrogen and oxygen atoms in total. The molecule has 0 saturated carbocycles. The zero-order valence-electron chi connectivity index (χ0n) is 14.6. The lowest BCUT2D eigenvalue weighted by atomic mass is 10.2. The van der Waals surface area contributed by atoms with Crippen molar-refractivity contribution in [1.29, 1.82) is 0 Å². The number of hydrogen-bond acceptors (Lipinski definition) is 5. The number of amides is 1. The third kappa shape index (κ3) is 2.67. The molecule has 0 aliphatic rings. The fourth-order valence-corrected chi connectivity index (χ4v) is 2.96. The molecule has 0 aliphatic heterocycles. The number of benzene rings is 2.